The average Bonchev–Trinajstić information content (AvgIpc) is 3.67. The number of nitrogens with one attached hydrogen (secondary N) is 1. The zero-order chi connectivity index (χ0) is 27.2. The first kappa shape index (κ1) is 26.0. The van der Waals surface area contributed by atoms with Gasteiger partial charge in [0, 0.05) is 38.8 Å². The molecule has 3 aliphatic rings. The standard InChI is InChI=1S/C21H27N7O3.C2HF3O2/c1-25-18-17(19(29)28(21(25)30)14-4-2-3-5-14)27(12-16-23-7-9-31-16)20(24-18)26-8-6-13-10-22-11-15(13)26;3-2(4,5)1(6)7/h7,9,13-15,22H,2-6,8,10-12H2,1H3;(H,6,7). The number of hydrogen-bond acceptors (Lipinski definition) is 8. The predicted molar refractivity (Wildman–Crippen MR) is 128 cm³/mol. The number of halogens is 3. The van der Waals surface area contributed by atoms with Gasteiger partial charge in [-0.05, 0) is 25.2 Å². The molecular weight excluding hydrogens is 511 g/mol. The Bertz CT molecular complexity index is 1440. The van der Waals surface area contributed by atoms with Crippen molar-refractivity contribution in [2.45, 2.75) is 56.9 Å². The fourth-order valence-electron chi connectivity index (χ4n) is 5.74. The Morgan fingerprint density at radius 2 is 1.92 bits per heavy atom. The smallest absolute Gasteiger partial charge is 0.475 e. The fraction of sp³-hybridized carbons (Fsp3) is 0.609. The van der Waals surface area contributed by atoms with Gasteiger partial charge in [0.1, 0.15) is 12.8 Å². The quantitative estimate of drug-likeness (QED) is 0.504. The highest BCUT2D eigenvalue weighted by atomic mass is 19.4. The molecule has 2 atom stereocenters. The molecule has 1 aliphatic carbocycles. The van der Waals surface area contributed by atoms with E-state index < -0.39 is 12.1 Å². The van der Waals surface area contributed by atoms with Crippen LogP contribution in [0.4, 0.5) is 19.1 Å². The maximum atomic E-state index is 13.7. The number of carboxylic acids is 1. The lowest BCUT2D eigenvalue weighted by Gasteiger charge is -2.25. The molecular formula is C23H28F3N7O5. The third-order valence-electron chi connectivity index (χ3n) is 7.57. The van der Waals surface area contributed by atoms with E-state index >= 15 is 0 Å². The second-order valence-electron chi connectivity index (χ2n) is 9.82. The Morgan fingerprint density at radius 3 is 2.55 bits per heavy atom. The van der Waals surface area contributed by atoms with Gasteiger partial charge in [-0.3, -0.25) is 18.5 Å². The van der Waals surface area contributed by atoms with E-state index in [1.54, 1.807) is 13.2 Å². The minimum atomic E-state index is -5.08. The normalized spacial score (nSPS) is 21.6. The molecule has 0 spiro atoms. The zero-order valence-corrected chi connectivity index (χ0v) is 20.6. The van der Waals surface area contributed by atoms with Crippen molar-refractivity contribution in [2.75, 3.05) is 24.5 Å². The molecule has 2 unspecified atom stereocenters. The number of hydrogen-bond donors (Lipinski definition) is 2. The molecule has 2 aliphatic heterocycles. The van der Waals surface area contributed by atoms with Gasteiger partial charge in [-0.1, -0.05) is 12.8 Å². The summed E-state index contributed by atoms with van der Waals surface area (Å²) >= 11 is 0. The molecule has 0 radical (unpaired) electrons. The van der Waals surface area contributed by atoms with E-state index in [9.17, 15) is 22.8 Å². The van der Waals surface area contributed by atoms with Crippen LogP contribution in [0.15, 0.2) is 26.5 Å². The molecule has 3 aromatic rings. The molecule has 6 rings (SSSR count). The van der Waals surface area contributed by atoms with Crippen LogP contribution in [0.25, 0.3) is 11.2 Å². The summed E-state index contributed by atoms with van der Waals surface area (Å²) in [4.78, 5) is 47.2. The largest absolute Gasteiger partial charge is 0.490 e. The number of aryl methyl sites for hydroxylation is 1. The summed E-state index contributed by atoms with van der Waals surface area (Å²) < 4.78 is 42.2. The number of anilines is 1. The molecule has 0 bridgehead atoms. The first-order chi connectivity index (χ1) is 18.1. The van der Waals surface area contributed by atoms with Gasteiger partial charge in [-0.15, -0.1) is 0 Å². The van der Waals surface area contributed by atoms with Gasteiger partial charge in [-0.2, -0.15) is 18.2 Å². The summed E-state index contributed by atoms with van der Waals surface area (Å²) in [6, 6.07) is 0.300. The molecule has 12 nitrogen and oxygen atoms in total. The molecule has 0 amide bonds. The first-order valence-corrected chi connectivity index (χ1v) is 12.5. The Balaban J connectivity index is 0.000000374. The second kappa shape index (κ2) is 9.93. The van der Waals surface area contributed by atoms with E-state index in [1.807, 2.05) is 4.57 Å². The molecule has 15 heteroatoms. The van der Waals surface area contributed by atoms with Crippen LogP contribution in [-0.2, 0) is 18.4 Å². The van der Waals surface area contributed by atoms with Crippen LogP contribution in [0, 0.1) is 5.92 Å². The average molecular weight is 540 g/mol. The number of fused-ring (bicyclic) bond motifs is 2. The number of aromatic nitrogens is 5. The molecule has 38 heavy (non-hydrogen) atoms. The number of imidazole rings is 1. The second-order valence-corrected chi connectivity index (χ2v) is 9.82. The van der Waals surface area contributed by atoms with Gasteiger partial charge in [-0.25, -0.2) is 14.6 Å². The van der Waals surface area contributed by atoms with Crippen molar-refractivity contribution in [3.63, 3.8) is 0 Å². The molecule has 1 saturated carbocycles. The lowest BCUT2D eigenvalue weighted by atomic mass is 10.1. The number of rotatable bonds is 4. The van der Waals surface area contributed by atoms with E-state index in [4.69, 9.17) is 19.3 Å². The van der Waals surface area contributed by atoms with Crippen molar-refractivity contribution in [1.82, 2.24) is 29.0 Å². The molecule has 3 fully saturated rings. The van der Waals surface area contributed by atoms with E-state index in [0.29, 0.717) is 35.6 Å². The molecule has 3 aromatic heterocycles. The van der Waals surface area contributed by atoms with Crippen LogP contribution in [-0.4, -0.2) is 66.6 Å². The third-order valence-corrected chi connectivity index (χ3v) is 7.57. The SMILES string of the molecule is Cn1c(=O)n(C2CCCC2)c(=O)c2c1nc(N1CCC3CNCC31)n2Cc1ncco1.O=C(O)C(F)(F)F. The van der Waals surface area contributed by atoms with Crippen molar-refractivity contribution >= 4 is 23.1 Å². The summed E-state index contributed by atoms with van der Waals surface area (Å²) in [5.41, 5.74) is 0.353. The van der Waals surface area contributed by atoms with E-state index in [0.717, 1.165) is 57.7 Å². The van der Waals surface area contributed by atoms with Crippen LogP contribution < -0.4 is 21.5 Å². The van der Waals surface area contributed by atoms with Crippen molar-refractivity contribution in [3.8, 4) is 0 Å². The van der Waals surface area contributed by atoms with Gasteiger partial charge in [0.2, 0.25) is 11.8 Å². The number of alkyl halides is 3. The van der Waals surface area contributed by atoms with Crippen molar-refractivity contribution in [1.29, 1.82) is 0 Å². The number of carboxylic acid groups (broad SMARTS) is 1. The molecule has 2 saturated heterocycles. The van der Waals surface area contributed by atoms with E-state index in [1.165, 1.54) is 15.4 Å². The van der Waals surface area contributed by atoms with Crippen LogP contribution in [0.3, 0.4) is 0 Å². The summed E-state index contributed by atoms with van der Waals surface area (Å²) in [5.74, 6) is -0.941. The van der Waals surface area contributed by atoms with Gasteiger partial charge in [0.25, 0.3) is 5.56 Å². The van der Waals surface area contributed by atoms with Crippen molar-refractivity contribution < 1.29 is 27.5 Å². The van der Waals surface area contributed by atoms with E-state index in [-0.39, 0.29) is 17.3 Å². The molecule has 2 N–H and O–H groups in total. The number of carbonyl (C=O) groups is 1. The highest BCUT2D eigenvalue weighted by Crippen LogP contribution is 2.33. The number of nitrogens with zero attached hydrogens (tertiary/aromatic N) is 6. The lowest BCUT2D eigenvalue weighted by Crippen LogP contribution is -2.41. The van der Waals surface area contributed by atoms with E-state index in [2.05, 4.69) is 15.2 Å². The van der Waals surface area contributed by atoms with Gasteiger partial charge >= 0.3 is 17.8 Å². The number of oxazole rings is 1. The van der Waals surface area contributed by atoms with Gasteiger partial charge in [0.15, 0.2) is 11.2 Å². The predicted octanol–water partition coefficient (Wildman–Crippen LogP) is 1.48. The fourth-order valence-corrected chi connectivity index (χ4v) is 5.74. The zero-order valence-electron chi connectivity index (χ0n) is 20.6. The Kier molecular flexibility index (Phi) is 6.79. The monoisotopic (exact) mass is 539 g/mol. The maximum Gasteiger partial charge on any atom is 0.490 e. The van der Waals surface area contributed by atoms with Gasteiger partial charge < -0.3 is 19.7 Å². The molecule has 5 heterocycles. The van der Waals surface area contributed by atoms with Crippen molar-refractivity contribution in [2.24, 2.45) is 13.0 Å². The summed E-state index contributed by atoms with van der Waals surface area (Å²) in [6.45, 7) is 3.10. The summed E-state index contributed by atoms with van der Waals surface area (Å²) in [7, 11) is 1.71. The van der Waals surface area contributed by atoms with Crippen LogP contribution in [0.5, 0.6) is 0 Å². The highest BCUT2D eigenvalue weighted by Gasteiger charge is 2.40. The maximum absolute atomic E-state index is 13.7. The Hall–Kier alpha value is -3.62. The Labute approximate surface area is 213 Å². The molecule has 206 valence electrons. The van der Waals surface area contributed by atoms with Crippen molar-refractivity contribution in [3.05, 3.63) is 39.2 Å². The summed E-state index contributed by atoms with van der Waals surface area (Å²) in [6.07, 6.45) is 2.96. The Morgan fingerprint density at radius 1 is 1.21 bits per heavy atom. The van der Waals surface area contributed by atoms with Crippen LogP contribution in [0.2, 0.25) is 0 Å². The van der Waals surface area contributed by atoms with Crippen LogP contribution in [0.1, 0.15) is 44.0 Å². The summed E-state index contributed by atoms with van der Waals surface area (Å²) in [5, 5.41) is 10.6. The highest BCUT2D eigenvalue weighted by molar-refractivity contribution is 5.75. The minimum Gasteiger partial charge on any atom is -0.475 e. The number of aliphatic carboxylic acids is 1. The van der Waals surface area contributed by atoms with Gasteiger partial charge in [0.05, 0.1) is 6.20 Å². The van der Waals surface area contributed by atoms with Crippen LogP contribution >= 0.6 is 0 Å². The minimum absolute atomic E-state index is 0.0423. The topological polar surface area (TPSA) is 140 Å². The molecule has 0 aromatic carbocycles. The lowest BCUT2D eigenvalue weighted by molar-refractivity contribution is -0.192. The first-order valence-electron chi connectivity index (χ1n) is 12.5. The third kappa shape index (κ3) is 4.59.